The van der Waals surface area contributed by atoms with Crippen molar-refractivity contribution < 1.29 is 9.90 Å². The van der Waals surface area contributed by atoms with Crippen LogP contribution in [0.2, 0.25) is 0 Å². The summed E-state index contributed by atoms with van der Waals surface area (Å²) in [5, 5.41) is 9.21. The fraction of sp³-hybridized carbons (Fsp3) is 0.500. The maximum Gasteiger partial charge on any atom is 0.335 e. The summed E-state index contributed by atoms with van der Waals surface area (Å²) in [5.41, 5.74) is 2.78. The predicted octanol–water partition coefficient (Wildman–Crippen LogP) is 3.62. The lowest BCUT2D eigenvalue weighted by atomic mass is 9.89. The van der Waals surface area contributed by atoms with E-state index in [9.17, 15) is 9.90 Å². The first kappa shape index (κ1) is 17.7. The van der Waals surface area contributed by atoms with Crippen molar-refractivity contribution in [3.8, 4) is 0 Å². The molecule has 1 saturated heterocycles. The highest BCUT2D eigenvalue weighted by atomic mass is 16.4. The summed E-state index contributed by atoms with van der Waals surface area (Å²) in [6.07, 6.45) is 6.15. The molecular weight excluding hydrogens is 314 g/mol. The van der Waals surface area contributed by atoms with Crippen molar-refractivity contribution in [2.75, 3.05) is 13.1 Å². The summed E-state index contributed by atoms with van der Waals surface area (Å²) in [4.78, 5) is 18.0. The van der Waals surface area contributed by atoms with Crippen LogP contribution in [0.4, 0.5) is 0 Å². The number of hydrogen-bond donors (Lipinski definition) is 1. The molecule has 0 aliphatic carbocycles. The number of nitrogens with zero attached hydrogens (tertiary/aromatic N) is 3. The number of carboxylic acid groups (broad SMARTS) is 1. The van der Waals surface area contributed by atoms with Crippen LogP contribution < -0.4 is 0 Å². The number of hydrogen-bond acceptors (Lipinski definition) is 3. The van der Waals surface area contributed by atoms with E-state index in [4.69, 9.17) is 0 Å². The van der Waals surface area contributed by atoms with Crippen molar-refractivity contribution in [1.29, 1.82) is 0 Å². The van der Waals surface area contributed by atoms with Gasteiger partial charge in [-0.1, -0.05) is 26.0 Å². The van der Waals surface area contributed by atoms with Crippen LogP contribution in [0.25, 0.3) is 0 Å². The molecule has 25 heavy (non-hydrogen) atoms. The van der Waals surface area contributed by atoms with Crippen molar-refractivity contribution in [2.24, 2.45) is 5.92 Å². The monoisotopic (exact) mass is 341 g/mol. The Morgan fingerprint density at radius 1 is 1.40 bits per heavy atom. The van der Waals surface area contributed by atoms with Crippen LogP contribution in [-0.4, -0.2) is 38.6 Å². The van der Waals surface area contributed by atoms with E-state index in [1.54, 1.807) is 6.07 Å². The molecule has 5 heteroatoms. The SMILES string of the molecule is CC(C)Cn1cncc1CN1CCCC(c2cccc(C(=O)O)c2)C1. The number of benzene rings is 1. The minimum atomic E-state index is -0.855. The molecule has 0 spiro atoms. The molecule has 2 aromatic rings. The van der Waals surface area contributed by atoms with Crippen LogP contribution in [0.1, 0.15) is 54.2 Å². The highest BCUT2D eigenvalue weighted by Crippen LogP contribution is 2.28. The maximum atomic E-state index is 11.2. The minimum Gasteiger partial charge on any atom is -0.478 e. The van der Waals surface area contributed by atoms with Gasteiger partial charge in [-0.25, -0.2) is 9.78 Å². The molecule has 134 valence electrons. The van der Waals surface area contributed by atoms with Gasteiger partial charge in [0.1, 0.15) is 0 Å². The number of aromatic nitrogens is 2. The Kier molecular flexibility index (Phi) is 5.53. The number of carboxylic acids is 1. The molecule has 0 saturated carbocycles. The topological polar surface area (TPSA) is 58.4 Å². The second-order valence-corrected chi connectivity index (χ2v) is 7.44. The Hall–Kier alpha value is -2.14. The van der Waals surface area contributed by atoms with E-state index in [0.717, 1.165) is 44.6 Å². The lowest BCUT2D eigenvalue weighted by Crippen LogP contribution is -2.34. The highest BCUT2D eigenvalue weighted by molar-refractivity contribution is 5.87. The standard InChI is InChI=1S/C20H27N3O2/c1-15(2)11-23-14-21-10-19(23)13-22-8-4-7-18(12-22)16-5-3-6-17(9-16)20(24)25/h3,5-6,9-10,14-15,18H,4,7-8,11-13H2,1-2H3,(H,24,25). The van der Waals surface area contributed by atoms with E-state index < -0.39 is 5.97 Å². The van der Waals surface area contributed by atoms with E-state index in [0.29, 0.717) is 17.4 Å². The lowest BCUT2D eigenvalue weighted by molar-refractivity contribution is 0.0696. The van der Waals surface area contributed by atoms with Gasteiger partial charge in [0.25, 0.3) is 0 Å². The number of likely N-dealkylation sites (tertiary alicyclic amines) is 1. The number of aromatic carboxylic acids is 1. The van der Waals surface area contributed by atoms with Gasteiger partial charge in [-0.3, -0.25) is 4.90 Å². The van der Waals surface area contributed by atoms with E-state index >= 15 is 0 Å². The Balaban J connectivity index is 1.68. The summed E-state index contributed by atoms with van der Waals surface area (Å²) >= 11 is 0. The Morgan fingerprint density at radius 2 is 2.24 bits per heavy atom. The molecule has 1 atom stereocenters. The first-order valence-electron chi connectivity index (χ1n) is 9.07. The fourth-order valence-corrected chi connectivity index (χ4v) is 3.66. The van der Waals surface area contributed by atoms with Crippen molar-refractivity contribution in [3.05, 3.63) is 53.6 Å². The van der Waals surface area contributed by atoms with Gasteiger partial charge in [-0.05, 0) is 48.9 Å². The normalized spacial score (nSPS) is 18.6. The molecular formula is C20H27N3O2. The van der Waals surface area contributed by atoms with Crippen LogP contribution >= 0.6 is 0 Å². The molecule has 1 aliphatic heterocycles. The number of carbonyl (C=O) groups is 1. The third-order valence-corrected chi connectivity index (χ3v) is 4.86. The fourth-order valence-electron chi connectivity index (χ4n) is 3.66. The van der Waals surface area contributed by atoms with Gasteiger partial charge < -0.3 is 9.67 Å². The zero-order valence-corrected chi connectivity index (χ0v) is 15.1. The van der Waals surface area contributed by atoms with E-state index in [1.165, 1.54) is 5.69 Å². The molecule has 0 radical (unpaired) electrons. The van der Waals surface area contributed by atoms with E-state index in [2.05, 4.69) is 34.4 Å². The molecule has 1 fully saturated rings. The van der Waals surface area contributed by atoms with Crippen LogP contribution in [0.5, 0.6) is 0 Å². The second kappa shape index (κ2) is 7.83. The van der Waals surface area contributed by atoms with Gasteiger partial charge in [0.2, 0.25) is 0 Å². The van der Waals surface area contributed by atoms with Crippen LogP contribution in [-0.2, 0) is 13.1 Å². The zero-order valence-electron chi connectivity index (χ0n) is 15.1. The smallest absolute Gasteiger partial charge is 0.335 e. The number of imidazole rings is 1. The summed E-state index contributed by atoms with van der Waals surface area (Å²) in [7, 11) is 0. The van der Waals surface area contributed by atoms with Crippen LogP contribution in [0.15, 0.2) is 36.8 Å². The van der Waals surface area contributed by atoms with Gasteiger partial charge in [0.05, 0.1) is 17.6 Å². The minimum absolute atomic E-state index is 0.379. The Bertz CT molecular complexity index is 723. The zero-order chi connectivity index (χ0) is 17.8. The molecule has 3 rings (SSSR count). The first-order valence-corrected chi connectivity index (χ1v) is 9.07. The lowest BCUT2D eigenvalue weighted by Gasteiger charge is -2.33. The molecule has 1 aliphatic rings. The Morgan fingerprint density at radius 3 is 3.00 bits per heavy atom. The van der Waals surface area contributed by atoms with Gasteiger partial charge in [-0.2, -0.15) is 0 Å². The Labute approximate surface area is 149 Å². The molecule has 0 bridgehead atoms. The van der Waals surface area contributed by atoms with Crippen LogP contribution in [0.3, 0.4) is 0 Å². The van der Waals surface area contributed by atoms with E-state index in [-0.39, 0.29) is 0 Å². The summed E-state index contributed by atoms with van der Waals surface area (Å²) < 4.78 is 2.25. The molecule has 2 heterocycles. The molecule has 1 aromatic carbocycles. The quantitative estimate of drug-likeness (QED) is 0.872. The third-order valence-electron chi connectivity index (χ3n) is 4.86. The molecule has 1 unspecified atom stereocenters. The van der Waals surface area contributed by atoms with Gasteiger partial charge in [0, 0.05) is 25.8 Å². The molecule has 1 aromatic heterocycles. The average molecular weight is 341 g/mol. The molecule has 5 nitrogen and oxygen atoms in total. The van der Waals surface area contributed by atoms with Crippen molar-refractivity contribution in [2.45, 2.75) is 45.7 Å². The van der Waals surface area contributed by atoms with Crippen molar-refractivity contribution in [3.63, 3.8) is 0 Å². The van der Waals surface area contributed by atoms with Crippen LogP contribution in [0, 0.1) is 5.92 Å². The highest BCUT2D eigenvalue weighted by Gasteiger charge is 2.23. The van der Waals surface area contributed by atoms with Crippen molar-refractivity contribution in [1.82, 2.24) is 14.5 Å². The molecule has 0 amide bonds. The van der Waals surface area contributed by atoms with Gasteiger partial charge >= 0.3 is 5.97 Å². The summed E-state index contributed by atoms with van der Waals surface area (Å²) in [5.74, 6) is 0.141. The second-order valence-electron chi connectivity index (χ2n) is 7.44. The number of rotatable bonds is 6. The van der Waals surface area contributed by atoms with Gasteiger partial charge in [-0.15, -0.1) is 0 Å². The average Bonchev–Trinajstić information content (AvgIpc) is 3.01. The largest absolute Gasteiger partial charge is 0.478 e. The predicted molar refractivity (Wildman–Crippen MR) is 97.7 cm³/mol. The summed E-state index contributed by atoms with van der Waals surface area (Å²) in [6, 6.07) is 7.41. The first-order chi connectivity index (χ1) is 12.0. The van der Waals surface area contributed by atoms with E-state index in [1.807, 2.05) is 24.7 Å². The van der Waals surface area contributed by atoms with Gasteiger partial charge in [0.15, 0.2) is 0 Å². The third kappa shape index (κ3) is 4.48. The number of piperidine rings is 1. The molecule has 1 N–H and O–H groups in total. The summed E-state index contributed by atoms with van der Waals surface area (Å²) in [6.45, 7) is 8.39. The van der Waals surface area contributed by atoms with Crippen molar-refractivity contribution >= 4 is 5.97 Å². The maximum absolute atomic E-state index is 11.2.